The smallest absolute Gasteiger partial charge is 0.260 e. The number of nitrogens with zero attached hydrogens (tertiary/aromatic N) is 2. The molecule has 124 valence electrons. The van der Waals surface area contributed by atoms with Crippen LogP contribution in [-0.4, -0.2) is 21.9 Å². The Hall–Kier alpha value is -2.32. The van der Waals surface area contributed by atoms with Crippen LogP contribution in [0.1, 0.15) is 10.4 Å². The van der Waals surface area contributed by atoms with Gasteiger partial charge in [-0.2, -0.15) is 0 Å². The number of thioether (sulfide) groups is 1. The van der Waals surface area contributed by atoms with Gasteiger partial charge in [0.25, 0.3) is 5.91 Å². The predicted octanol–water partition coefficient (Wildman–Crippen LogP) is 4.62. The molecule has 0 aliphatic carbocycles. The third-order valence-electron chi connectivity index (χ3n) is 2.83. The van der Waals surface area contributed by atoms with Gasteiger partial charge in [-0.3, -0.25) is 10.1 Å². The summed E-state index contributed by atoms with van der Waals surface area (Å²) in [6.07, 6.45) is 2.52. The minimum atomic E-state index is -0.616. The number of amides is 1. The molecule has 2 rings (SSSR count). The van der Waals surface area contributed by atoms with E-state index in [2.05, 4.69) is 28.7 Å². The van der Waals surface area contributed by atoms with E-state index in [4.69, 9.17) is 0 Å². The van der Waals surface area contributed by atoms with Crippen molar-refractivity contribution >= 4 is 34.1 Å². The number of nitrogens with one attached hydrogen (secondary N) is 1. The Balaban J connectivity index is 2.01. The summed E-state index contributed by atoms with van der Waals surface area (Å²) < 4.78 is 27.5. The molecule has 8 heteroatoms. The van der Waals surface area contributed by atoms with Crippen molar-refractivity contribution in [2.24, 2.45) is 0 Å². The summed E-state index contributed by atoms with van der Waals surface area (Å²) in [6.45, 7) is 6.91. The third-order valence-corrected chi connectivity index (χ3v) is 4.85. The first-order valence-electron chi connectivity index (χ1n) is 6.71. The molecule has 0 spiro atoms. The van der Waals surface area contributed by atoms with Crippen LogP contribution >= 0.6 is 23.1 Å². The van der Waals surface area contributed by atoms with Gasteiger partial charge in [0.05, 0.1) is 5.56 Å². The van der Waals surface area contributed by atoms with E-state index >= 15 is 0 Å². The number of hydrogen-bond acceptors (Lipinski definition) is 5. The fraction of sp³-hybridized carbons (Fsp3) is 0.0625. The molecule has 1 aromatic heterocycles. The summed E-state index contributed by atoms with van der Waals surface area (Å²) in [7, 11) is 0. The van der Waals surface area contributed by atoms with Crippen molar-refractivity contribution in [1.29, 1.82) is 0 Å². The van der Waals surface area contributed by atoms with Crippen LogP contribution in [0.25, 0.3) is 0 Å². The Bertz CT molecular complexity index is 802. The highest BCUT2D eigenvalue weighted by molar-refractivity contribution is 8.01. The summed E-state index contributed by atoms with van der Waals surface area (Å²) in [4.78, 5) is 12.0. The average Bonchev–Trinajstić information content (AvgIpc) is 3.02. The largest absolute Gasteiger partial charge is 0.296 e. The van der Waals surface area contributed by atoms with Gasteiger partial charge in [0.2, 0.25) is 5.13 Å². The van der Waals surface area contributed by atoms with Crippen LogP contribution < -0.4 is 5.32 Å². The van der Waals surface area contributed by atoms with Crippen LogP contribution in [0.5, 0.6) is 0 Å². The highest BCUT2D eigenvalue weighted by Crippen LogP contribution is 2.28. The van der Waals surface area contributed by atoms with Gasteiger partial charge in [-0.15, -0.1) is 10.2 Å². The molecule has 2 aromatic rings. The molecule has 0 atom stereocenters. The highest BCUT2D eigenvalue weighted by Gasteiger charge is 2.14. The maximum Gasteiger partial charge on any atom is 0.260 e. The topological polar surface area (TPSA) is 54.9 Å². The van der Waals surface area contributed by atoms with E-state index in [1.54, 1.807) is 6.07 Å². The van der Waals surface area contributed by atoms with Gasteiger partial charge >= 0.3 is 0 Å². The first-order chi connectivity index (χ1) is 11.5. The molecule has 0 aliphatic heterocycles. The molecule has 1 N–H and O–H groups in total. The lowest BCUT2D eigenvalue weighted by molar-refractivity contribution is 0.102. The molecule has 0 fully saturated rings. The van der Waals surface area contributed by atoms with E-state index in [-0.39, 0.29) is 10.7 Å². The van der Waals surface area contributed by atoms with Crippen LogP contribution in [0, 0.1) is 5.82 Å². The van der Waals surface area contributed by atoms with Gasteiger partial charge < -0.3 is 0 Å². The van der Waals surface area contributed by atoms with E-state index < -0.39 is 17.6 Å². The molecule has 0 unspecified atom stereocenters. The van der Waals surface area contributed by atoms with Crippen LogP contribution in [0.3, 0.4) is 0 Å². The van der Waals surface area contributed by atoms with Crippen molar-refractivity contribution in [2.45, 2.75) is 4.34 Å². The van der Waals surface area contributed by atoms with Crippen LogP contribution in [0.15, 0.2) is 65.3 Å². The molecule has 24 heavy (non-hydrogen) atoms. The number of benzene rings is 1. The zero-order chi connectivity index (χ0) is 17.5. The number of hydrogen-bond donors (Lipinski definition) is 1. The second-order valence-electron chi connectivity index (χ2n) is 4.38. The molecule has 1 heterocycles. The van der Waals surface area contributed by atoms with E-state index in [1.807, 2.05) is 0 Å². The van der Waals surface area contributed by atoms with Crippen LogP contribution in [0.4, 0.5) is 13.9 Å². The van der Waals surface area contributed by atoms with Crippen molar-refractivity contribution in [1.82, 2.24) is 10.2 Å². The fourth-order valence-corrected chi connectivity index (χ4v) is 3.38. The number of aromatic nitrogens is 2. The minimum Gasteiger partial charge on any atom is -0.296 e. The molecule has 0 saturated heterocycles. The molecule has 0 radical (unpaired) electrons. The van der Waals surface area contributed by atoms with Crippen molar-refractivity contribution < 1.29 is 13.6 Å². The zero-order valence-electron chi connectivity index (χ0n) is 12.5. The van der Waals surface area contributed by atoms with Crippen molar-refractivity contribution in [3.8, 4) is 0 Å². The lowest BCUT2D eigenvalue weighted by atomic mass is 10.2. The fourth-order valence-electron chi connectivity index (χ4n) is 1.62. The van der Waals surface area contributed by atoms with Crippen molar-refractivity contribution in [3.05, 3.63) is 72.4 Å². The molecular formula is C16H13F2N3OS2. The van der Waals surface area contributed by atoms with Crippen LogP contribution in [0.2, 0.25) is 0 Å². The molecule has 0 aliphatic rings. The van der Waals surface area contributed by atoms with E-state index in [0.717, 1.165) is 17.4 Å². The number of halogens is 2. The molecule has 1 aromatic carbocycles. The first-order valence-corrected chi connectivity index (χ1v) is 8.51. The normalized spacial score (nSPS) is 11.6. The minimum absolute atomic E-state index is 0.0770. The lowest BCUT2D eigenvalue weighted by Crippen LogP contribution is -2.13. The SMILES string of the molecule is C=C/C(F)=C(\C=C)CSc1nnc(NC(=O)c2ccccc2F)s1. The molecule has 1 amide bonds. The molecular weight excluding hydrogens is 352 g/mol. The summed E-state index contributed by atoms with van der Waals surface area (Å²) >= 11 is 2.36. The van der Waals surface area contributed by atoms with Gasteiger partial charge in [0.1, 0.15) is 11.6 Å². The Morgan fingerprint density at radius 1 is 1.29 bits per heavy atom. The number of rotatable bonds is 7. The van der Waals surface area contributed by atoms with E-state index in [1.165, 1.54) is 36.0 Å². The van der Waals surface area contributed by atoms with Gasteiger partial charge in [-0.25, -0.2) is 8.78 Å². The van der Waals surface area contributed by atoms with Gasteiger partial charge in [0.15, 0.2) is 4.34 Å². The van der Waals surface area contributed by atoms with E-state index in [0.29, 0.717) is 15.7 Å². The lowest BCUT2D eigenvalue weighted by Gasteiger charge is -2.01. The van der Waals surface area contributed by atoms with E-state index in [9.17, 15) is 13.6 Å². The van der Waals surface area contributed by atoms with Gasteiger partial charge in [0, 0.05) is 5.75 Å². The Morgan fingerprint density at radius 2 is 2.04 bits per heavy atom. The summed E-state index contributed by atoms with van der Waals surface area (Å²) in [5, 5.41) is 10.4. The van der Waals surface area contributed by atoms with Crippen molar-refractivity contribution in [3.63, 3.8) is 0 Å². The number of carbonyl (C=O) groups is 1. The Morgan fingerprint density at radius 3 is 2.71 bits per heavy atom. The number of allylic oxidation sites excluding steroid dienone is 3. The number of carbonyl (C=O) groups excluding carboxylic acids is 1. The Labute approximate surface area is 146 Å². The highest BCUT2D eigenvalue weighted by atomic mass is 32.2. The zero-order valence-corrected chi connectivity index (χ0v) is 14.1. The molecule has 4 nitrogen and oxygen atoms in total. The standard InChI is InChI=1S/C16H13F2N3OS2/c1-3-10(12(17)4-2)9-23-16-21-20-15(24-16)19-14(22)11-7-5-6-8-13(11)18/h3-8H,1-2,9H2,(H,19,20,22)/b12-10-. The predicted molar refractivity (Wildman–Crippen MR) is 93.5 cm³/mol. The van der Waals surface area contributed by atoms with Crippen molar-refractivity contribution in [2.75, 3.05) is 11.1 Å². The maximum atomic E-state index is 13.6. The number of anilines is 1. The monoisotopic (exact) mass is 365 g/mol. The van der Waals surface area contributed by atoms with Gasteiger partial charge in [-0.1, -0.05) is 54.5 Å². The summed E-state index contributed by atoms with van der Waals surface area (Å²) in [5.74, 6) is -1.37. The Kier molecular flexibility index (Phi) is 6.39. The first kappa shape index (κ1) is 18.0. The van der Waals surface area contributed by atoms with Crippen LogP contribution in [-0.2, 0) is 0 Å². The second-order valence-corrected chi connectivity index (χ2v) is 6.58. The summed E-state index contributed by atoms with van der Waals surface area (Å²) in [5.41, 5.74) is 0.314. The third kappa shape index (κ3) is 4.59. The molecule has 0 saturated carbocycles. The molecule has 0 bridgehead atoms. The quantitative estimate of drug-likeness (QED) is 0.442. The van der Waals surface area contributed by atoms with Gasteiger partial charge in [-0.05, 0) is 23.8 Å². The second kappa shape index (κ2) is 8.51. The summed E-state index contributed by atoms with van der Waals surface area (Å²) in [6, 6.07) is 5.64. The maximum absolute atomic E-state index is 13.6. The average molecular weight is 365 g/mol.